The van der Waals surface area contributed by atoms with Crippen molar-refractivity contribution in [2.24, 2.45) is 0 Å². The highest BCUT2D eigenvalue weighted by Gasteiger charge is 2.41. The molecular weight excluding hydrogens is 164 g/mol. The van der Waals surface area contributed by atoms with Crippen LogP contribution in [0.5, 0.6) is 0 Å². The number of hydrogen-bond donors (Lipinski definition) is 1. The van der Waals surface area contributed by atoms with Gasteiger partial charge in [0.25, 0.3) is 0 Å². The van der Waals surface area contributed by atoms with Crippen LogP contribution in [0.15, 0.2) is 24.3 Å². The zero-order valence-electron chi connectivity index (χ0n) is 7.79. The van der Waals surface area contributed by atoms with Crippen LogP contribution in [0, 0.1) is 0 Å². The van der Waals surface area contributed by atoms with E-state index in [1.165, 1.54) is 0 Å². The Kier molecular flexibility index (Phi) is 2.10. The van der Waals surface area contributed by atoms with Crippen molar-refractivity contribution in [1.29, 1.82) is 0 Å². The minimum Gasteiger partial charge on any atom is -0.385 e. The van der Waals surface area contributed by atoms with Crippen molar-refractivity contribution in [3.05, 3.63) is 35.4 Å². The van der Waals surface area contributed by atoms with E-state index in [1.54, 1.807) is 7.11 Å². The first-order chi connectivity index (χ1) is 6.24. The predicted molar refractivity (Wildman–Crippen MR) is 50.3 cm³/mol. The number of benzene rings is 1. The molecule has 0 atom stereocenters. The topological polar surface area (TPSA) is 29.5 Å². The highest BCUT2D eigenvalue weighted by atomic mass is 16.5. The zero-order chi connectivity index (χ0) is 9.31. The van der Waals surface area contributed by atoms with Gasteiger partial charge < -0.3 is 9.84 Å². The molecule has 1 N–H and O–H groups in total. The SMILES string of the molecule is COCc1ccc(C2(O)CC2)cc1. The van der Waals surface area contributed by atoms with Gasteiger partial charge in [-0.2, -0.15) is 0 Å². The summed E-state index contributed by atoms with van der Waals surface area (Å²) in [7, 11) is 1.68. The molecule has 0 aliphatic heterocycles. The van der Waals surface area contributed by atoms with E-state index in [0.717, 1.165) is 24.0 Å². The molecule has 0 unspecified atom stereocenters. The molecule has 0 bridgehead atoms. The van der Waals surface area contributed by atoms with Crippen LogP contribution >= 0.6 is 0 Å². The van der Waals surface area contributed by atoms with Gasteiger partial charge in [0.15, 0.2) is 0 Å². The second-order valence-electron chi connectivity index (χ2n) is 3.66. The lowest BCUT2D eigenvalue weighted by Gasteiger charge is -2.08. The van der Waals surface area contributed by atoms with Crippen LogP contribution < -0.4 is 0 Å². The molecule has 0 radical (unpaired) electrons. The molecule has 2 rings (SSSR count). The quantitative estimate of drug-likeness (QED) is 0.765. The summed E-state index contributed by atoms with van der Waals surface area (Å²) in [6.45, 7) is 0.638. The summed E-state index contributed by atoms with van der Waals surface area (Å²) in [4.78, 5) is 0. The van der Waals surface area contributed by atoms with Gasteiger partial charge in [0.05, 0.1) is 12.2 Å². The van der Waals surface area contributed by atoms with Gasteiger partial charge in [-0.05, 0) is 24.0 Å². The summed E-state index contributed by atoms with van der Waals surface area (Å²) in [6, 6.07) is 7.99. The van der Waals surface area contributed by atoms with Crippen LogP contribution in [0.3, 0.4) is 0 Å². The van der Waals surface area contributed by atoms with E-state index in [4.69, 9.17) is 4.74 Å². The minimum absolute atomic E-state index is 0.508. The molecule has 0 saturated heterocycles. The van der Waals surface area contributed by atoms with Gasteiger partial charge >= 0.3 is 0 Å². The summed E-state index contributed by atoms with van der Waals surface area (Å²) in [5.74, 6) is 0. The number of aliphatic hydroxyl groups is 1. The van der Waals surface area contributed by atoms with Gasteiger partial charge in [0, 0.05) is 7.11 Å². The first-order valence-corrected chi connectivity index (χ1v) is 4.55. The smallest absolute Gasteiger partial charge is 0.0899 e. The summed E-state index contributed by atoms with van der Waals surface area (Å²) in [5.41, 5.74) is 1.67. The van der Waals surface area contributed by atoms with Crippen LogP contribution in [-0.4, -0.2) is 12.2 Å². The largest absolute Gasteiger partial charge is 0.385 e. The van der Waals surface area contributed by atoms with E-state index in [9.17, 15) is 5.11 Å². The number of ether oxygens (including phenoxy) is 1. The molecule has 1 aromatic carbocycles. The predicted octanol–water partition coefficient (Wildman–Crippen LogP) is 1.81. The maximum Gasteiger partial charge on any atom is 0.0899 e. The summed E-state index contributed by atoms with van der Waals surface area (Å²) in [5, 5.41) is 9.79. The van der Waals surface area contributed by atoms with Crippen molar-refractivity contribution in [2.75, 3.05) is 7.11 Å². The van der Waals surface area contributed by atoms with Crippen molar-refractivity contribution in [1.82, 2.24) is 0 Å². The molecule has 0 spiro atoms. The molecule has 2 nitrogen and oxygen atoms in total. The van der Waals surface area contributed by atoms with E-state index in [1.807, 2.05) is 24.3 Å². The fourth-order valence-electron chi connectivity index (χ4n) is 1.48. The molecule has 70 valence electrons. The van der Waals surface area contributed by atoms with Crippen molar-refractivity contribution in [3.63, 3.8) is 0 Å². The number of methoxy groups -OCH3 is 1. The van der Waals surface area contributed by atoms with Crippen LogP contribution in [0.25, 0.3) is 0 Å². The van der Waals surface area contributed by atoms with Crippen LogP contribution in [0.4, 0.5) is 0 Å². The maximum absolute atomic E-state index is 9.79. The normalized spacial score (nSPS) is 18.6. The lowest BCUT2D eigenvalue weighted by atomic mass is 10.1. The van der Waals surface area contributed by atoms with E-state index in [0.29, 0.717) is 6.61 Å². The van der Waals surface area contributed by atoms with Crippen LogP contribution in [0.2, 0.25) is 0 Å². The monoisotopic (exact) mass is 178 g/mol. The molecule has 0 heterocycles. The average molecular weight is 178 g/mol. The molecule has 13 heavy (non-hydrogen) atoms. The Balaban J connectivity index is 2.14. The standard InChI is InChI=1S/C11H14O2/c1-13-8-9-2-4-10(5-3-9)11(12)6-7-11/h2-5,12H,6-8H2,1H3. The number of hydrogen-bond acceptors (Lipinski definition) is 2. The molecule has 0 amide bonds. The third kappa shape index (κ3) is 1.74. The number of rotatable bonds is 3. The molecule has 0 aromatic heterocycles. The van der Waals surface area contributed by atoms with Crippen molar-refractivity contribution in [3.8, 4) is 0 Å². The van der Waals surface area contributed by atoms with E-state index in [2.05, 4.69) is 0 Å². The van der Waals surface area contributed by atoms with Gasteiger partial charge in [-0.3, -0.25) is 0 Å². The fraction of sp³-hybridized carbons (Fsp3) is 0.455. The second-order valence-corrected chi connectivity index (χ2v) is 3.66. The van der Waals surface area contributed by atoms with Gasteiger partial charge in [-0.15, -0.1) is 0 Å². The van der Waals surface area contributed by atoms with Crippen molar-refractivity contribution in [2.45, 2.75) is 25.0 Å². The molecule has 1 fully saturated rings. The van der Waals surface area contributed by atoms with E-state index < -0.39 is 5.60 Å². The highest BCUT2D eigenvalue weighted by molar-refractivity contribution is 5.30. The molecule has 1 aliphatic rings. The Bertz CT molecular complexity index is 285. The maximum atomic E-state index is 9.79. The minimum atomic E-state index is -0.508. The van der Waals surface area contributed by atoms with Gasteiger partial charge in [0.2, 0.25) is 0 Å². The summed E-state index contributed by atoms with van der Waals surface area (Å²) in [6.07, 6.45) is 1.80. The fourth-order valence-corrected chi connectivity index (χ4v) is 1.48. The van der Waals surface area contributed by atoms with Gasteiger partial charge in [-0.25, -0.2) is 0 Å². The molecule has 1 aliphatic carbocycles. The first kappa shape index (κ1) is 8.73. The highest BCUT2D eigenvalue weighted by Crippen LogP contribution is 2.45. The molecule has 2 heteroatoms. The Labute approximate surface area is 78.2 Å². The van der Waals surface area contributed by atoms with E-state index >= 15 is 0 Å². The Morgan fingerprint density at radius 3 is 2.38 bits per heavy atom. The van der Waals surface area contributed by atoms with E-state index in [-0.39, 0.29) is 0 Å². The van der Waals surface area contributed by atoms with Crippen molar-refractivity contribution < 1.29 is 9.84 Å². The first-order valence-electron chi connectivity index (χ1n) is 4.55. The molecular formula is C11H14O2. The van der Waals surface area contributed by atoms with Gasteiger partial charge in [-0.1, -0.05) is 24.3 Å². The Hall–Kier alpha value is -0.860. The Morgan fingerprint density at radius 1 is 1.31 bits per heavy atom. The second kappa shape index (κ2) is 3.13. The lowest BCUT2D eigenvalue weighted by Crippen LogP contribution is -2.03. The molecule has 1 saturated carbocycles. The van der Waals surface area contributed by atoms with Crippen molar-refractivity contribution >= 4 is 0 Å². The van der Waals surface area contributed by atoms with Gasteiger partial charge in [0.1, 0.15) is 0 Å². The summed E-state index contributed by atoms with van der Waals surface area (Å²) >= 11 is 0. The van der Waals surface area contributed by atoms with Crippen LogP contribution in [0.1, 0.15) is 24.0 Å². The lowest BCUT2D eigenvalue weighted by molar-refractivity contribution is 0.151. The third-order valence-corrected chi connectivity index (χ3v) is 2.53. The van der Waals surface area contributed by atoms with Crippen LogP contribution in [-0.2, 0) is 16.9 Å². The molecule has 1 aromatic rings. The Morgan fingerprint density at radius 2 is 1.92 bits per heavy atom. The third-order valence-electron chi connectivity index (χ3n) is 2.53. The average Bonchev–Trinajstić information content (AvgIpc) is 2.87. The summed E-state index contributed by atoms with van der Waals surface area (Å²) < 4.78 is 5.01. The zero-order valence-corrected chi connectivity index (χ0v) is 7.79.